The van der Waals surface area contributed by atoms with E-state index in [1.54, 1.807) is 4.90 Å². The number of hydrogen-bond donors (Lipinski definition) is 1. The molecule has 140 valence electrons. The molecule has 0 fully saturated rings. The summed E-state index contributed by atoms with van der Waals surface area (Å²) < 4.78 is 38.0. The van der Waals surface area contributed by atoms with Gasteiger partial charge in [0.2, 0.25) is 5.95 Å². The largest absolute Gasteiger partial charge is 0.416 e. The molecule has 3 rings (SSSR count). The number of fused-ring (bicyclic) bond motifs is 1. The van der Waals surface area contributed by atoms with E-state index in [0.717, 1.165) is 23.4 Å². The molecule has 0 amide bonds. The average molecular weight is 366 g/mol. The minimum Gasteiger partial charge on any atom is -0.348 e. The van der Waals surface area contributed by atoms with Crippen LogP contribution in [0.1, 0.15) is 22.4 Å². The van der Waals surface area contributed by atoms with Gasteiger partial charge in [-0.1, -0.05) is 12.1 Å². The van der Waals surface area contributed by atoms with Crippen LogP contribution in [0, 0.1) is 0 Å². The number of aromatic amines is 1. The van der Waals surface area contributed by atoms with Crippen molar-refractivity contribution >= 4 is 5.95 Å². The number of halogens is 3. The van der Waals surface area contributed by atoms with Gasteiger partial charge < -0.3 is 4.90 Å². The Morgan fingerprint density at radius 3 is 2.42 bits per heavy atom. The van der Waals surface area contributed by atoms with Crippen LogP contribution in [0.15, 0.2) is 29.1 Å². The van der Waals surface area contributed by atoms with Crippen molar-refractivity contribution in [2.45, 2.75) is 25.6 Å². The van der Waals surface area contributed by atoms with Gasteiger partial charge in [-0.3, -0.25) is 14.7 Å². The second-order valence-electron chi connectivity index (χ2n) is 6.68. The zero-order valence-corrected chi connectivity index (χ0v) is 14.7. The zero-order chi connectivity index (χ0) is 18.9. The van der Waals surface area contributed by atoms with Gasteiger partial charge in [-0.2, -0.15) is 13.2 Å². The molecular formula is C18H21F3N4O. The highest BCUT2D eigenvalue weighted by molar-refractivity contribution is 5.32. The van der Waals surface area contributed by atoms with Crippen molar-refractivity contribution in [3.05, 3.63) is 57.0 Å². The van der Waals surface area contributed by atoms with Gasteiger partial charge in [-0.25, -0.2) is 4.98 Å². The number of rotatable bonds is 3. The summed E-state index contributed by atoms with van der Waals surface area (Å²) in [5.41, 5.74) is 1.56. The first-order valence-electron chi connectivity index (χ1n) is 8.42. The zero-order valence-electron chi connectivity index (χ0n) is 14.7. The summed E-state index contributed by atoms with van der Waals surface area (Å²) in [4.78, 5) is 23.5. The number of anilines is 1. The van der Waals surface area contributed by atoms with Crippen LogP contribution in [-0.4, -0.2) is 42.1 Å². The van der Waals surface area contributed by atoms with Crippen LogP contribution in [0.4, 0.5) is 19.1 Å². The second kappa shape index (κ2) is 7.11. The van der Waals surface area contributed by atoms with E-state index in [9.17, 15) is 18.0 Å². The van der Waals surface area contributed by atoms with Crippen molar-refractivity contribution in [2.75, 3.05) is 32.1 Å². The fraction of sp³-hybridized carbons (Fsp3) is 0.444. The molecule has 0 aliphatic carbocycles. The molecule has 1 aliphatic rings. The number of nitrogens with one attached hydrogen (secondary N) is 1. The lowest BCUT2D eigenvalue weighted by Gasteiger charge is -2.19. The van der Waals surface area contributed by atoms with Gasteiger partial charge in [0.1, 0.15) is 0 Å². The standard InChI is InChI=1S/C18H21F3N4O/c1-24(2)17-22-15-8-10-25(9-7-14(15)16(26)23-17)11-12-3-5-13(6-4-12)18(19,20)21/h3-6H,7-11H2,1-2H3,(H,22,23,26). The van der Waals surface area contributed by atoms with Gasteiger partial charge in [0.25, 0.3) is 5.56 Å². The summed E-state index contributed by atoms with van der Waals surface area (Å²) in [6, 6.07) is 5.24. The van der Waals surface area contributed by atoms with Crippen LogP contribution in [0.3, 0.4) is 0 Å². The molecule has 0 bridgehead atoms. The molecule has 0 saturated heterocycles. The molecule has 1 aliphatic heterocycles. The predicted molar refractivity (Wildman–Crippen MR) is 93.3 cm³/mol. The van der Waals surface area contributed by atoms with Crippen LogP contribution in [0.25, 0.3) is 0 Å². The molecule has 5 nitrogen and oxygen atoms in total. The normalized spacial score (nSPS) is 15.4. The molecule has 8 heteroatoms. The van der Waals surface area contributed by atoms with Crippen molar-refractivity contribution in [1.82, 2.24) is 14.9 Å². The minimum atomic E-state index is -4.32. The Bertz CT molecular complexity index is 828. The Balaban J connectivity index is 1.71. The lowest BCUT2D eigenvalue weighted by atomic mass is 10.1. The Morgan fingerprint density at radius 1 is 1.15 bits per heavy atom. The van der Waals surface area contributed by atoms with Crippen molar-refractivity contribution in [3.63, 3.8) is 0 Å². The first-order valence-corrected chi connectivity index (χ1v) is 8.42. The number of H-pyrrole nitrogens is 1. The molecule has 0 radical (unpaired) electrons. The number of alkyl halides is 3. The summed E-state index contributed by atoms with van der Waals surface area (Å²) in [5.74, 6) is 0.532. The molecular weight excluding hydrogens is 345 g/mol. The van der Waals surface area contributed by atoms with Gasteiger partial charge in [-0.05, 0) is 24.1 Å². The average Bonchev–Trinajstić information content (AvgIpc) is 2.77. The fourth-order valence-electron chi connectivity index (χ4n) is 3.07. The van der Waals surface area contributed by atoms with Gasteiger partial charge >= 0.3 is 6.18 Å². The highest BCUT2D eigenvalue weighted by atomic mass is 19.4. The van der Waals surface area contributed by atoms with Crippen LogP contribution >= 0.6 is 0 Å². The van der Waals surface area contributed by atoms with Crippen LogP contribution in [-0.2, 0) is 25.6 Å². The molecule has 26 heavy (non-hydrogen) atoms. The lowest BCUT2D eigenvalue weighted by Crippen LogP contribution is -2.26. The van der Waals surface area contributed by atoms with E-state index in [1.165, 1.54) is 12.1 Å². The highest BCUT2D eigenvalue weighted by Crippen LogP contribution is 2.29. The minimum absolute atomic E-state index is 0.116. The number of nitrogens with zero attached hydrogens (tertiary/aromatic N) is 3. The first-order chi connectivity index (χ1) is 12.2. The maximum atomic E-state index is 12.7. The third-order valence-corrected chi connectivity index (χ3v) is 4.54. The molecule has 0 saturated carbocycles. The van der Waals surface area contributed by atoms with Crippen LogP contribution in [0.5, 0.6) is 0 Å². The van der Waals surface area contributed by atoms with E-state index in [1.807, 2.05) is 14.1 Å². The Kier molecular flexibility index (Phi) is 5.04. The van der Waals surface area contributed by atoms with E-state index < -0.39 is 11.7 Å². The third-order valence-electron chi connectivity index (χ3n) is 4.54. The van der Waals surface area contributed by atoms with Crippen LogP contribution in [0.2, 0.25) is 0 Å². The SMILES string of the molecule is CN(C)c1nc2c(c(=O)[nH]1)CCN(Cc1ccc(C(F)(F)F)cc1)CC2. The maximum Gasteiger partial charge on any atom is 0.416 e. The topological polar surface area (TPSA) is 52.2 Å². The molecule has 0 spiro atoms. The molecule has 1 aromatic heterocycles. The fourth-order valence-corrected chi connectivity index (χ4v) is 3.07. The first kappa shape index (κ1) is 18.4. The molecule has 1 N–H and O–H groups in total. The summed E-state index contributed by atoms with van der Waals surface area (Å²) >= 11 is 0. The molecule has 0 atom stereocenters. The quantitative estimate of drug-likeness (QED) is 0.907. The number of benzene rings is 1. The summed E-state index contributed by atoms with van der Waals surface area (Å²) in [5, 5.41) is 0. The van der Waals surface area contributed by atoms with Crippen LogP contribution < -0.4 is 10.5 Å². The van der Waals surface area contributed by atoms with Gasteiger partial charge in [0.05, 0.1) is 11.3 Å². The molecule has 0 unspecified atom stereocenters. The second-order valence-corrected chi connectivity index (χ2v) is 6.68. The van der Waals surface area contributed by atoms with E-state index in [2.05, 4.69) is 14.9 Å². The lowest BCUT2D eigenvalue weighted by molar-refractivity contribution is -0.137. The van der Waals surface area contributed by atoms with E-state index in [-0.39, 0.29) is 5.56 Å². The highest BCUT2D eigenvalue weighted by Gasteiger charge is 2.30. The van der Waals surface area contributed by atoms with Crippen molar-refractivity contribution in [1.29, 1.82) is 0 Å². The van der Waals surface area contributed by atoms with Gasteiger partial charge in [0.15, 0.2) is 0 Å². The maximum absolute atomic E-state index is 12.7. The smallest absolute Gasteiger partial charge is 0.348 e. The Morgan fingerprint density at radius 2 is 1.81 bits per heavy atom. The van der Waals surface area contributed by atoms with E-state index in [4.69, 9.17) is 0 Å². The predicted octanol–water partition coefficient (Wildman–Crippen LogP) is 2.46. The van der Waals surface area contributed by atoms with E-state index in [0.29, 0.717) is 44.0 Å². The molecule has 2 aromatic rings. The van der Waals surface area contributed by atoms with E-state index >= 15 is 0 Å². The molecule has 2 heterocycles. The molecule has 1 aromatic carbocycles. The Hall–Kier alpha value is -2.35. The van der Waals surface area contributed by atoms with Gasteiger partial charge in [-0.15, -0.1) is 0 Å². The summed E-state index contributed by atoms with van der Waals surface area (Å²) in [6.45, 7) is 1.92. The Labute approximate surface area is 149 Å². The summed E-state index contributed by atoms with van der Waals surface area (Å²) in [6.07, 6.45) is -3.10. The van der Waals surface area contributed by atoms with Gasteiger partial charge in [0, 0.05) is 45.7 Å². The third kappa shape index (κ3) is 4.07. The van der Waals surface area contributed by atoms with Crippen molar-refractivity contribution in [2.24, 2.45) is 0 Å². The van der Waals surface area contributed by atoms with Crippen molar-refractivity contribution in [3.8, 4) is 0 Å². The number of hydrogen-bond acceptors (Lipinski definition) is 4. The summed E-state index contributed by atoms with van der Waals surface area (Å²) in [7, 11) is 3.64. The van der Waals surface area contributed by atoms with Crippen molar-refractivity contribution < 1.29 is 13.2 Å². The number of aromatic nitrogens is 2. The monoisotopic (exact) mass is 366 g/mol.